The maximum Gasteiger partial charge on any atom is 0.0392 e. The summed E-state index contributed by atoms with van der Waals surface area (Å²) in [4.78, 5) is 0. The zero-order chi connectivity index (χ0) is 7.94. The first kappa shape index (κ1) is 9.79. The molecule has 0 spiro atoms. The fourth-order valence-electron chi connectivity index (χ4n) is 1.39. The Morgan fingerprint density at radius 2 is 1.91 bits per heavy atom. The summed E-state index contributed by atoms with van der Waals surface area (Å²) in [6, 6.07) is 0. The van der Waals surface area contributed by atoms with E-state index in [1.54, 1.807) is 0 Å². The lowest BCUT2D eigenvalue weighted by molar-refractivity contribution is 0.547. The molecule has 0 nitrogen and oxygen atoms in total. The summed E-state index contributed by atoms with van der Waals surface area (Å²) in [6.07, 6.45) is 5.75. The number of hydrogen-bond acceptors (Lipinski definition) is 2. The molecule has 0 aliphatic carbocycles. The summed E-state index contributed by atoms with van der Waals surface area (Å²) < 4.78 is 0. The predicted octanol–water partition coefficient (Wildman–Crippen LogP) is 3.62. The van der Waals surface area contributed by atoms with Crippen LogP contribution in [-0.4, -0.2) is 16.6 Å². The Morgan fingerprint density at radius 1 is 1.18 bits per heavy atom. The first-order valence-electron chi connectivity index (χ1n) is 4.59. The molecule has 0 aromatic carbocycles. The molecular weight excluding hydrogens is 172 g/mol. The lowest BCUT2D eigenvalue weighted by Crippen LogP contribution is -2.11. The standard InChI is InChI=1S/C9H18S2/c1-2-3-4-5-9-6-10-8-11-7-9/h9H,2-8H2,1H3. The van der Waals surface area contributed by atoms with E-state index in [1.807, 2.05) is 0 Å². The second-order valence-electron chi connectivity index (χ2n) is 3.22. The average molecular weight is 190 g/mol. The molecule has 0 saturated carbocycles. The van der Waals surface area contributed by atoms with Crippen molar-refractivity contribution in [2.45, 2.75) is 32.6 Å². The van der Waals surface area contributed by atoms with E-state index in [4.69, 9.17) is 0 Å². The van der Waals surface area contributed by atoms with Crippen molar-refractivity contribution in [2.75, 3.05) is 16.6 Å². The molecule has 0 aromatic heterocycles. The lowest BCUT2D eigenvalue weighted by Gasteiger charge is -2.20. The topological polar surface area (TPSA) is 0 Å². The average Bonchev–Trinajstić information content (AvgIpc) is 2.07. The van der Waals surface area contributed by atoms with Crippen LogP contribution in [-0.2, 0) is 0 Å². The van der Waals surface area contributed by atoms with Crippen molar-refractivity contribution in [2.24, 2.45) is 5.92 Å². The van der Waals surface area contributed by atoms with Crippen LogP contribution in [0.25, 0.3) is 0 Å². The van der Waals surface area contributed by atoms with Crippen LogP contribution in [0.2, 0.25) is 0 Å². The Hall–Kier alpha value is 0.700. The van der Waals surface area contributed by atoms with Crippen molar-refractivity contribution in [3.05, 3.63) is 0 Å². The SMILES string of the molecule is CCCCCC1CSCSC1. The largest absolute Gasteiger partial charge is 0.151 e. The molecule has 11 heavy (non-hydrogen) atoms. The van der Waals surface area contributed by atoms with Gasteiger partial charge in [-0.25, -0.2) is 0 Å². The van der Waals surface area contributed by atoms with Gasteiger partial charge in [0, 0.05) is 5.08 Å². The van der Waals surface area contributed by atoms with Gasteiger partial charge in [-0.05, 0) is 23.8 Å². The second kappa shape index (κ2) is 6.24. The maximum atomic E-state index is 2.28. The van der Waals surface area contributed by atoms with Gasteiger partial charge in [-0.2, -0.15) is 23.5 Å². The summed E-state index contributed by atoms with van der Waals surface area (Å²) in [5.41, 5.74) is 0. The Morgan fingerprint density at radius 3 is 2.55 bits per heavy atom. The number of hydrogen-bond donors (Lipinski definition) is 0. The molecule has 2 heteroatoms. The molecule has 0 N–H and O–H groups in total. The van der Waals surface area contributed by atoms with Gasteiger partial charge >= 0.3 is 0 Å². The van der Waals surface area contributed by atoms with Gasteiger partial charge in [0.1, 0.15) is 0 Å². The van der Waals surface area contributed by atoms with Gasteiger partial charge in [0.15, 0.2) is 0 Å². The minimum atomic E-state index is 1.03. The van der Waals surface area contributed by atoms with Crippen LogP contribution in [0.1, 0.15) is 32.6 Å². The molecule has 66 valence electrons. The predicted molar refractivity (Wildman–Crippen MR) is 57.4 cm³/mol. The van der Waals surface area contributed by atoms with E-state index < -0.39 is 0 Å². The Labute approximate surface area is 78.9 Å². The highest BCUT2D eigenvalue weighted by atomic mass is 32.2. The zero-order valence-corrected chi connectivity index (χ0v) is 8.98. The molecule has 0 amide bonds. The van der Waals surface area contributed by atoms with Gasteiger partial charge in [0.25, 0.3) is 0 Å². The van der Waals surface area contributed by atoms with Crippen LogP contribution in [0.5, 0.6) is 0 Å². The highest BCUT2D eigenvalue weighted by molar-refractivity contribution is 8.16. The Balaban J connectivity index is 1.96. The van der Waals surface area contributed by atoms with E-state index in [0.717, 1.165) is 5.92 Å². The fraction of sp³-hybridized carbons (Fsp3) is 1.00. The van der Waals surface area contributed by atoms with Crippen LogP contribution in [0.15, 0.2) is 0 Å². The van der Waals surface area contributed by atoms with Gasteiger partial charge in [0.05, 0.1) is 0 Å². The number of thioether (sulfide) groups is 2. The van der Waals surface area contributed by atoms with Crippen molar-refractivity contribution < 1.29 is 0 Å². The third kappa shape index (κ3) is 4.32. The van der Waals surface area contributed by atoms with Crippen molar-refractivity contribution >= 4 is 23.5 Å². The highest BCUT2D eigenvalue weighted by Gasteiger charge is 2.12. The van der Waals surface area contributed by atoms with E-state index in [0.29, 0.717) is 0 Å². The molecule has 1 aliphatic heterocycles. The third-order valence-electron chi connectivity index (χ3n) is 2.09. The highest BCUT2D eigenvalue weighted by Crippen LogP contribution is 2.28. The molecule has 0 aromatic rings. The first-order chi connectivity index (χ1) is 5.43. The molecule has 0 radical (unpaired) electrons. The van der Waals surface area contributed by atoms with Crippen molar-refractivity contribution in [3.8, 4) is 0 Å². The van der Waals surface area contributed by atoms with Gasteiger partial charge in [-0.1, -0.05) is 26.2 Å². The molecule has 1 fully saturated rings. The monoisotopic (exact) mass is 190 g/mol. The number of unbranched alkanes of at least 4 members (excludes halogenated alkanes) is 2. The number of rotatable bonds is 4. The summed E-state index contributed by atoms with van der Waals surface area (Å²) in [5, 5.41) is 1.34. The van der Waals surface area contributed by atoms with Gasteiger partial charge in [0.2, 0.25) is 0 Å². The molecular formula is C9H18S2. The lowest BCUT2D eigenvalue weighted by atomic mass is 10.1. The van der Waals surface area contributed by atoms with Crippen LogP contribution < -0.4 is 0 Å². The Bertz CT molecular complexity index is 87.6. The molecule has 1 aliphatic rings. The molecule has 1 heterocycles. The summed E-state index contributed by atoms with van der Waals surface area (Å²) in [7, 11) is 0. The van der Waals surface area contributed by atoms with E-state index in [2.05, 4.69) is 30.4 Å². The van der Waals surface area contributed by atoms with E-state index in [9.17, 15) is 0 Å². The van der Waals surface area contributed by atoms with Crippen LogP contribution in [0, 0.1) is 5.92 Å². The zero-order valence-electron chi connectivity index (χ0n) is 7.34. The summed E-state index contributed by atoms with van der Waals surface area (Å²) >= 11 is 4.25. The van der Waals surface area contributed by atoms with Crippen LogP contribution >= 0.6 is 23.5 Å². The molecule has 1 saturated heterocycles. The second-order valence-corrected chi connectivity index (χ2v) is 5.65. The van der Waals surface area contributed by atoms with E-state index >= 15 is 0 Å². The van der Waals surface area contributed by atoms with E-state index in [-0.39, 0.29) is 0 Å². The fourth-order valence-corrected chi connectivity index (χ4v) is 4.01. The van der Waals surface area contributed by atoms with Crippen LogP contribution in [0.3, 0.4) is 0 Å². The normalized spacial score (nSPS) is 20.5. The van der Waals surface area contributed by atoms with Crippen molar-refractivity contribution in [1.29, 1.82) is 0 Å². The Kier molecular flexibility index (Phi) is 5.55. The van der Waals surface area contributed by atoms with Gasteiger partial charge in [-0.15, -0.1) is 0 Å². The molecule has 0 atom stereocenters. The maximum absolute atomic E-state index is 2.28. The molecule has 0 bridgehead atoms. The summed E-state index contributed by atoms with van der Waals surface area (Å²) in [6.45, 7) is 2.28. The van der Waals surface area contributed by atoms with Crippen molar-refractivity contribution in [1.82, 2.24) is 0 Å². The van der Waals surface area contributed by atoms with E-state index in [1.165, 1.54) is 42.3 Å². The smallest absolute Gasteiger partial charge is 0.0392 e. The quantitative estimate of drug-likeness (QED) is 0.621. The molecule has 0 unspecified atom stereocenters. The molecule has 1 rings (SSSR count). The third-order valence-corrected chi connectivity index (χ3v) is 4.84. The summed E-state index contributed by atoms with van der Waals surface area (Å²) in [5.74, 6) is 3.89. The minimum Gasteiger partial charge on any atom is -0.151 e. The minimum absolute atomic E-state index is 1.03. The van der Waals surface area contributed by atoms with Gasteiger partial charge in [-0.3, -0.25) is 0 Å². The van der Waals surface area contributed by atoms with Gasteiger partial charge < -0.3 is 0 Å². The van der Waals surface area contributed by atoms with Crippen LogP contribution in [0.4, 0.5) is 0 Å². The first-order valence-corrected chi connectivity index (χ1v) is 6.90. The van der Waals surface area contributed by atoms with Crippen molar-refractivity contribution in [3.63, 3.8) is 0 Å².